The lowest BCUT2D eigenvalue weighted by molar-refractivity contribution is 0.132. The Kier molecular flexibility index (Phi) is 3.09. The molecule has 2 unspecified atom stereocenters. The van der Waals surface area contributed by atoms with Crippen LogP contribution in [-0.2, 0) is 6.54 Å². The number of rotatable bonds is 2. The monoisotopic (exact) mass is 257 g/mol. The van der Waals surface area contributed by atoms with Crippen LogP contribution in [0.5, 0.6) is 0 Å². The van der Waals surface area contributed by atoms with Crippen LogP contribution in [0.1, 0.15) is 34.4 Å². The first-order valence-electron chi connectivity index (χ1n) is 6.42. The summed E-state index contributed by atoms with van der Waals surface area (Å²) in [7, 11) is 0. The van der Waals surface area contributed by atoms with E-state index in [-0.39, 0.29) is 11.9 Å². The maximum absolute atomic E-state index is 13.4. The number of hydrogen-bond acceptors (Lipinski definition) is 2. The first-order valence-corrected chi connectivity index (χ1v) is 6.42. The van der Waals surface area contributed by atoms with Gasteiger partial charge in [-0.3, -0.25) is 0 Å². The van der Waals surface area contributed by atoms with Crippen molar-refractivity contribution in [1.29, 1.82) is 0 Å². The Hall–Kier alpha value is -1.71. The van der Waals surface area contributed by atoms with Crippen molar-refractivity contribution in [3.05, 3.63) is 70.5 Å². The fourth-order valence-corrected chi connectivity index (χ4v) is 2.72. The van der Waals surface area contributed by atoms with Crippen LogP contribution in [0.15, 0.2) is 42.5 Å². The maximum atomic E-state index is 13.4. The van der Waals surface area contributed by atoms with Crippen molar-refractivity contribution in [1.82, 2.24) is 5.32 Å². The smallest absolute Gasteiger partial charge is 0.123 e. The second-order valence-corrected chi connectivity index (χ2v) is 5.00. The third-order valence-corrected chi connectivity index (χ3v) is 3.78. The number of aliphatic hydroxyl groups excluding tert-OH is 1. The predicted molar refractivity (Wildman–Crippen MR) is 72.1 cm³/mol. The van der Waals surface area contributed by atoms with E-state index in [1.54, 1.807) is 6.07 Å². The summed E-state index contributed by atoms with van der Waals surface area (Å²) < 4.78 is 13.4. The molecule has 2 atom stereocenters. The molecular formula is C16H16FNO. The average molecular weight is 257 g/mol. The van der Waals surface area contributed by atoms with Gasteiger partial charge in [-0.15, -0.1) is 0 Å². The molecule has 2 nitrogen and oxygen atoms in total. The molecule has 2 aromatic carbocycles. The van der Waals surface area contributed by atoms with Crippen molar-refractivity contribution < 1.29 is 9.50 Å². The summed E-state index contributed by atoms with van der Waals surface area (Å²) in [5.41, 5.74) is 3.84. The highest BCUT2D eigenvalue weighted by molar-refractivity contribution is 5.38. The standard InChI is InChI=1S/C16H16FNO/c1-10-6-7-12(17)8-14(10)16(19)15-13-5-3-2-4-11(13)9-18-15/h2-8,15-16,18-19H,9H2,1H3. The molecule has 3 rings (SSSR count). The first-order chi connectivity index (χ1) is 9.16. The van der Waals surface area contributed by atoms with Crippen LogP contribution >= 0.6 is 0 Å². The van der Waals surface area contributed by atoms with Crippen molar-refractivity contribution in [2.24, 2.45) is 0 Å². The average Bonchev–Trinajstić information content (AvgIpc) is 2.84. The summed E-state index contributed by atoms with van der Waals surface area (Å²) in [4.78, 5) is 0. The maximum Gasteiger partial charge on any atom is 0.123 e. The molecule has 0 aromatic heterocycles. The molecule has 0 spiro atoms. The zero-order valence-corrected chi connectivity index (χ0v) is 10.7. The Morgan fingerprint density at radius 3 is 2.89 bits per heavy atom. The lowest BCUT2D eigenvalue weighted by Gasteiger charge is -2.21. The molecule has 98 valence electrons. The molecule has 2 N–H and O–H groups in total. The van der Waals surface area contributed by atoms with Gasteiger partial charge in [-0.25, -0.2) is 4.39 Å². The minimum absolute atomic E-state index is 0.170. The summed E-state index contributed by atoms with van der Waals surface area (Å²) in [6.07, 6.45) is -0.737. The van der Waals surface area contributed by atoms with E-state index in [9.17, 15) is 9.50 Å². The van der Waals surface area contributed by atoms with Crippen LogP contribution in [0.25, 0.3) is 0 Å². The van der Waals surface area contributed by atoms with Crippen LogP contribution in [0.2, 0.25) is 0 Å². The Labute approximate surface area is 111 Å². The number of nitrogens with one attached hydrogen (secondary N) is 1. The third kappa shape index (κ3) is 2.15. The minimum atomic E-state index is -0.737. The highest BCUT2D eigenvalue weighted by Crippen LogP contribution is 2.36. The lowest BCUT2D eigenvalue weighted by atomic mass is 9.93. The van der Waals surface area contributed by atoms with Gasteiger partial charge in [-0.05, 0) is 41.3 Å². The van der Waals surface area contributed by atoms with E-state index in [0.717, 1.165) is 17.7 Å². The molecule has 1 aliphatic heterocycles. The van der Waals surface area contributed by atoms with Gasteiger partial charge in [0.2, 0.25) is 0 Å². The van der Waals surface area contributed by atoms with Gasteiger partial charge in [0.15, 0.2) is 0 Å². The predicted octanol–water partition coefficient (Wildman–Crippen LogP) is 3.01. The van der Waals surface area contributed by atoms with Crippen molar-refractivity contribution >= 4 is 0 Å². The van der Waals surface area contributed by atoms with Gasteiger partial charge in [-0.2, -0.15) is 0 Å². The molecule has 1 heterocycles. The molecule has 0 fully saturated rings. The van der Waals surface area contributed by atoms with Crippen molar-refractivity contribution in [3.8, 4) is 0 Å². The molecular weight excluding hydrogens is 241 g/mol. The van der Waals surface area contributed by atoms with Gasteiger partial charge in [0.25, 0.3) is 0 Å². The molecule has 0 saturated carbocycles. The zero-order chi connectivity index (χ0) is 13.4. The van der Waals surface area contributed by atoms with E-state index < -0.39 is 6.10 Å². The van der Waals surface area contributed by atoms with Crippen molar-refractivity contribution in [3.63, 3.8) is 0 Å². The fourth-order valence-electron chi connectivity index (χ4n) is 2.72. The fraction of sp³-hybridized carbons (Fsp3) is 0.250. The van der Waals surface area contributed by atoms with Gasteiger partial charge >= 0.3 is 0 Å². The summed E-state index contributed by atoms with van der Waals surface area (Å²) in [6.45, 7) is 2.63. The third-order valence-electron chi connectivity index (χ3n) is 3.78. The van der Waals surface area contributed by atoms with Gasteiger partial charge < -0.3 is 10.4 Å². The second-order valence-electron chi connectivity index (χ2n) is 5.00. The summed E-state index contributed by atoms with van der Waals surface area (Å²) in [5, 5.41) is 13.8. The Bertz CT molecular complexity index is 611. The van der Waals surface area contributed by atoms with E-state index >= 15 is 0 Å². The number of fused-ring (bicyclic) bond motifs is 1. The lowest BCUT2D eigenvalue weighted by Crippen LogP contribution is -2.21. The molecule has 0 amide bonds. The summed E-state index contributed by atoms with van der Waals surface area (Å²) >= 11 is 0. The van der Waals surface area contributed by atoms with Crippen LogP contribution in [-0.4, -0.2) is 5.11 Å². The van der Waals surface area contributed by atoms with Crippen LogP contribution < -0.4 is 5.32 Å². The number of aliphatic hydroxyl groups is 1. The van der Waals surface area contributed by atoms with E-state index in [4.69, 9.17) is 0 Å². The van der Waals surface area contributed by atoms with Gasteiger partial charge in [0.05, 0.1) is 12.1 Å². The SMILES string of the molecule is Cc1ccc(F)cc1C(O)C1NCc2ccccc21. The molecule has 0 radical (unpaired) electrons. The molecule has 0 aliphatic carbocycles. The number of hydrogen-bond donors (Lipinski definition) is 2. The van der Waals surface area contributed by atoms with Crippen molar-refractivity contribution in [2.75, 3.05) is 0 Å². The molecule has 3 heteroatoms. The van der Waals surface area contributed by atoms with Crippen molar-refractivity contribution in [2.45, 2.75) is 25.6 Å². The highest BCUT2D eigenvalue weighted by Gasteiger charge is 2.29. The van der Waals surface area contributed by atoms with E-state index in [1.165, 1.54) is 17.7 Å². The molecule has 1 aliphatic rings. The van der Waals surface area contributed by atoms with E-state index in [1.807, 2.05) is 31.2 Å². The zero-order valence-electron chi connectivity index (χ0n) is 10.7. The van der Waals surface area contributed by atoms with Gasteiger partial charge in [0, 0.05) is 6.54 Å². The highest BCUT2D eigenvalue weighted by atomic mass is 19.1. The number of aryl methyl sites for hydroxylation is 1. The minimum Gasteiger partial charge on any atom is -0.386 e. The normalized spacial score (nSPS) is 19.2. The van der Waals surface area contributed by atoms with Gasteiger partial charge in [-0.1, -0.05) is 30.3 Å². The topological polar surface area (TPSA) is 32.3 Å². The van der Waals surface area contributed by atoms with Crippen LogP contribution in [0, 0.1) is 12.7 Å². The largest absolute Gasteiger partial charge is 0.386 e. The molecule has 0 saturated heterocycles. The van der Waals surface area contributed by atoms with E-state index in [2.05, 4.69) is 5.32 Å². The van der Waals surface area contributed by atoms with Crippen LogP contribution in [0.4, 0.5) is 4.39 Å². The van der Waals surface area contributed by atoms with Gasteiger partial charge in [0.1, 0.15) is 5.82 Å². The first kappa shape index (κ1) is 12.3. The number of halogens is 1. The molecule has 0 bridgehead atoms. The Morgan fingerprint density at radius 2 is 2.05 bits per heavy atom. The summed E-state index contributed by atoms with van der Waals surface area (Å²) in [5.74, 6) is -0.314. The second kappa shape index (κ2) is 4.76. The molecule has 19 heavy (non-hydrogen) atoms. The number of benzene rings is 2. The Morgan fingerprint density at radius 1 is 1.26 bits per heavy atom. The molecule has 2 aromatic rings. The quantitative estimate of drug-likeness (QED) is 0.866. The van der Waals surface area contributed by atoms with Crippen LogP contribution in [0.3, 0.4) is 0 Å². The Balaban J connectivity index is 1.97. The summed E-state index contributed by atoms with van der Waals surface area (Å²) in [6, 6.07) is 12.4. The van der Waals surface area contributed by atoms with E-state index in [0.29, 0.717) is 5.56 Å².